The fourth-order valence-corrected chi connectivity index (χ4v) is 2.72. The Morgan fingerprint density at radius 3 is 2.88 bits per heavy atom. The number of nitriles is 1. The van der Waals surface area contributed by atoms with E-state index in [2.05, 4.69) is 16.0 Å². The largest absolute Gasteiger partial charge is 0.255 e. The van der Waals surface area contributed by atoms with Gasteiger partial charge < -0.3 is 0 Å². The molecule has 1 aliphatic carbocycles. The van der Waals surface area contributed by atoms with Crippen LogP contribution in [0, 0.1) is 16.7 Å². The molecule has 4 heteroatoms. The van der Waals surface area contributed by atoms with Gasteiger partial charge in [0.15, 0.2) is 0 Å². The zero-order chi connectivity index (χ0) is 11.7. The normalized spacial score (nSPS) is 16.4. The van der Waals surface area contributed by atoms with E-state index >= 15 is 0 Å². The van der Waals surface area contributed by atoms with Crippen LogP contribution in [0.2, 0.25) is 0 Å². The SMILES string of the molecule is N#CC1(Cc2nc(-c3ccccn3)cs2)CC1. The van der Waals surface area contributed by atoms with E-state index in [1.165, 1.54) is 0 Å². The number of thiazole rings is 1. The van der Waals surface area contributed by atoms with Crippen molar-refractivity contribution in [2.24, 2.45) is 5.41 Å². The summed E-state index contributed by atoms with van der Waals surface area (Å²) in [5.41, 5.74) is 1.70. The summed E-state index contributed by atoms with van der Waals surface area (Å²) in [6, 6.07) is 8.21. The van der Waals surface area contributed by atoms with Crippen molar-refractivity contribution < 1.29 is 0 Å². The number of rotatable bonds is 3. The lowest BCUT2D eigenvalue weighted by Crippen LogP contribution is -2.00. The maximum atomic E-state index is 9.06. The van der Waals surface area contributed by atoms with Gasteiger partial charge in [0.2, 0.25) is 0 Å². The van der Waals surface area contributed by atoms with E-state index in [1.54, 1.807) is 17.5 Å². The Bertz CT molecular complexity index is 564. The third-order valence-electron chi connectivity index (χ3n) is 3.06. The molecule has 2 aromatic rings. The smallest absolute Gasteiger partial charge is 0.0998 e. The minimum atomic E-state index is -0.112. The molecule has 0 aromatic carbocycles. The molecule has 0 atom stereocenters. The molecule has 0 bridgehead atoms. The number of aromatic nitrogens is 2. The molecule has 0 amide bonds. The first-order valence-corrected chi connectivity index (χ1v) is 6.46. The third-order valence-corrected chi connectivity index (χ3v) is 3.91. The molecule has 2 heterocycles. The van der Waals surface area contributed by atoms with E-state index in [4.69, 9.17) is 5.26 Å². The second-order valence-electron chi connectivity index (χ2n) is 4.41. The lowest BCUT2D eigenvalue weighted by Gasteiger charge is -2.00. The average molecular weight is 241 g/mol. The van der Waals surface area contributed by atoms with Crippen LogP contribution in [0.1, 0.15) is 17.8 Å². The summed E-state index contributed by atoms with van der Waals surface area (Å²) < 4.78 is 0. The van der Waals surface area contributed by atoms with Crippen molar-refractivity contribution in [1.29, 1.82) is 5.26 Å². The van der Waals surface area contributed by atoms with Gasteiger partial charge in [-0.15, -0.1) is 11.3 Å². The molecule has 0 spiro atoms. The summed E-state index contributed by atoms with van der Waals surface area (Å²) >= 11 is 1.62. The third kappa shape index (κ3) is 2.06. The summed E-state index contributed by atoms with van der Waals surface area (Å²) in [6.07, 6.45) is 4.59. The van der Waals surface area contributed by atoms with Crippen LogP contribution in [0.5, 0.6) is 0 Å². The predicted molar refractivity (Wildman–Crippen MR) is 66.3 cm³/mol. The van der Waals surface area contributed by atoms with Gasteiger partial charge in [-0.1, -0.05) is 6.07 Å². The van der Waals surface area contributed by atoms with Crippen LogP contribution in [-0.4, -0.2) is 9.97 Å². The van der Waals surface area contributed by atoms with E-state index < -0.39 is 0 Å². The fraction of sp³-hybridized carbons (Fsp3) is 0.308. The molecular weight excluding hydrogens is 230 g/mol. The molecule has 0 unspecified atom stereocenters. The summed E-state index contributed by atoms with van der Waals surface area (Å²) in [7, 11) is 0. The first-order valence-electron chi connectivity index (χ1n) is 5.58. The van der Waals surface area contributed by atoms with Crippen LogP contribution in [0.15, 0.2) is 29.8 Å². The molecule has 84 valence electrons. The molecular formula is C13H11N3S. The lowest BCUT2D eigenvalue weighted by atomic mass is 10.1. The first kappa shape index (κ1) is 10.4. The average Bonchev–Trinajstić information content (AvgIpc) is 3.00. The molecule has 2 aromatic heterocycles. The van der Waals surface area contributed by atoms with Crippen molar-refractivity contribution in [2.75, 3.05) is 0 Å². The standard InChI is InChI=1S/C13H11N3S/c14-9-13(4-5-13)7-12-16-11(8-17-12)10-3-1-2-6-15-10/h1-3,6,8H,4-5,7H2. The molecule has 1 saturated carbocycles. The Balaban J connectivity index is 1.82. The quantitative estimate of drug-likeness (QED) is 0.829. The van der Waals surface area contributed by atoms with E-state index in [1.807, 2.05) is 23.6 Å². The minimum Gasteiger partial charge on any atom is -0.255 e. The van der Waals surface area contributed by atoms with Gasteiger partial charge in [0.25, 0.3) is 0 Å². The van der Waals surface area contributed by atoms with Gasteiger partial charge in [0.1, 0.15) is 0 Å². The van der Waals surface area contributed by atoms with Crippen molar-refractivity contribution in [3.8, 4) is 17.5 Å². The van der Waals surface area contributed by atoms with Gasteiger partial charge >= 0.3 is 0 Å². The van der Waals surface area contributed by atoms with Crippen molar-refractivity contribution in [1.82, 2.24) is 9.97 Å². The van der Waals surface area contributed by atoms with Crippen molar-refractivity contribution in [2.45, 2.75) is 19.3 Å². The van der Waals surface area contributed by atoms with E-state index in [0.717, 1.165) is 35.7 Å². The van der Waals surface area contributed by atoms with E-state index in [-0.39, 0.29) is 5.41 Å². The van der Waals surface area contributed by atoms with Crippen LogP contribution in [-0.2, 0) is 6.42 Å². The summed E-state index contributed by atoms with van der Waals surface area (Å²) in [5.74, 6) is 0. The van der Waals surface area contributed by atoms with Gasteiger partial charge in [-0.3, -0.25) is 4.98 Å². The Labute approximate surface area is 104 Å². The fourth-order valence-electron chi connectivity index (χ4n) is 1.79. The molecule has 0 N–H and O–H groups in total. The maximum absolute atomic E-state index is 9.06. The van der Waals surface area contributed by atoms with Crippen molar-refractivity contribution in [3.63, 3.8) is 0 Å². The van der Waals surface area contributed by atoms with Gasteiger partial charge in [-0.05, 0) is 25.0 Å². The summed E-state index contributed by atoms with van der Waals surface area (Å²) in [4.78, 5) is 8.83. The highest BCUT2D eigenvalue weighted by molar-refractivity contribution is 7.09. The second kappa shape index (κ2) is 3.94. The van der Waals surface area contributed by atoms with Crippen LogP contribution < -0.4 is 0 Å². The maximum Gasteiger partial charge on any atom is 0.0998 e. The first-order chi connectivity index (χ1) is 8.31. The van der Waals surface area contributed by atoms with E-state index in [0.29, 0.717) is 0 Å². The number of nitrogens with zero attached hydrogens (tertiary/aromatic N) is 3. The topological polar surface area (TPSA) is 49.6 Å². The van der Waals surface area contributed by atoms with Gasteiger partial charge in [-0.25, -0.2) is 4.98 Å². The Kier molecular flexibility index (Phi) is 2.41. The molecule has 17 heavy (non-hydrogen) atoms. The zero-order valence-electron chi connectivity index (χ0n) is 9.26. The lowest BCUT2D eigenvalue weighted by molar-refractivity contribution is 0.662. The highest BCUT2D eigenvalue weighted by Crippen LogP contribution is 2.48. The monoisotopic (exact) mass is 241 g/mol. The number of pyridine rings is 1. The second-order valence-corrected chi connectivity index (χ2v) is 5.35. The molecule has 0 saturated heterocycles. The molecule has 3 rings (SSSR count). The van der Waals surface area contributed by atoms with Crippen molar-refractivity contribution >= 4 is 11.3 Å². The van der Waals surface area contributed by atoms with Crippen LogP contribution in [0.3, 0.4) is 0 Å². The van der Waals surface area contributed by atoms with E-state index in [9.17, 15) is 0 Å². The molecule has 1 fully saturated rings. The van der Waals surface area contributed by atoms with Crippen LogP contribution in [0.4, 0.5) is 0 Å². The van der Waals surface area contributed by atoms with Gasteiger partial charge in [0, 0.05) is 18.0 Å². The highest BCUT2D eigenvalue weighted by Gasteiger charge is 2.43. The molecule has 0 aliphatic heterocycles. The Hall–Kier alpha value is -1.73. The zero-order valence-corrected chi connectivity index (χ0v) is 10.1. The van der Waals surface area contributed by atoms with Gasteiger partial charge in [0.05, 0.1) is 27.9 Å². The van der Waals surface area contributed by atoms with Crippen LogP contribution in [0.25, 0.3) is 11.4 Å². The minimum absolute atomic E-state index is 0.112. The highest BCUT2D eigenvalue weighted by atomic mass is 32.1. The van der Waals surface area contributed by atoms with Crippen LogP contribution >= 0.6 is 11.3 Å². The van der Waals surface area contributed by atoms with Crippen molar-refractivity contribution in [3.05, 3.63) is 34.8 Å². The predicted octanol–water partition coefficient (Wildman–Crippen LogP) is 3.05. The molecule has 0 radical (unpaired) electrons. The van der Waals surface area contributed by atoms with Gasteiger partial charge in [-0.2, -0.15) is 5.26 Å². The molecule has 3 nitrogen and oxygen atoms in total. The summed E-state index contributed by atoms with van der Waals surface area (Å²) in [6.45, 7) is 0. The Morgan fingerprint density at radius 1 is 1.35 bits per heavy atom. The Morgan fingerprint density at radius 2 is 2.24 bits per heavy atom. The molecule has 1 aliphatic rings. The number of hydrogen-bond donors (Lipinski definition) is 0. The summed E-state index contributed by atoms with van der Waals surface area (Å²) in [5, 5.41) is 12.1. The number of hydrogen-bond acceptors (Lipinski definition) is 4.